The van der Waals surface area contributed by atoms with Crippen LogP contribution in [0.2, 0.25) is 0 Å². The minimum Gasteiger partial charge on any atom is -0.330 e. The van der Waals surface area contributed by atoms with Gasteiger partial charge in [-0.05, 0) is 43.7 Å². The van der Waals surface area contributed by atoms with E-state index in [4.69, 9.17) is 5.73 Å². The standard InChI is InChI=1S/C17H18N4O2/c1-11-3-4-13(9-12(11)2)17-15(7-8-18)20-10-14(21(22)23)5-6-16(20)19-17/h3-6,9-10H,7-8,18H2,1-2H3. The molecule has 0 aliphatic rings. The van der Waals surface area contributed by atoms with Crippen molar-refractivity contribution in [3.05, 3.63) is 63.5 Å². The molecule has 2 aromatic heterocycles. The van der Waals surface area contributed by atoms with Crippen molar-refractivity contribution in [3.8, 4) is 11.3 Å². The fourth-order valence-corrected chi connectivity index (χ4v) is 2.69. The van der Waals surface area contributed by atoms with Crippen LogP contribution in [0.15, 0.2) is 36.5 Å². The molecule has 2 N–H and O–H groups in total. The minimum absolute atomic E-state index is 0.0415. The van der Waals surface area contributed by atoms with E-state index < -0.39 is 4.92 Å². The lowest BCUT2D eigenvalue weighted by molar-refractivity contribution is -0.385. The molecule has 2 heterocycles. The van der Waals surface area contributed by atoms with Crippen molar-refractivity contribution in [2.45, 2.75) is 20.3 Å². The molecule has 0 amide bonds. The summed E-state index contributed by atoms with van der Waals surface area (Å²) in [5.74, 6) is 0. The van der Waals surface area contributed by atoms with E-state index in [0.29, 0.717) is 18.6 Å². The molecule has 0 saturated carbocycles. The highest BCUT2D eigenvalue weighted by atomic mass is 16.6. The maximum atomic E-state index is 11.0. The molecule has 0 aliphatic heterocycles. The Morgan fingerprint density at radius 2 is 2.00 bits per heavy atom. The molecule has 0 saturated heterocycles. The number of hydrogen-bond donors (Lipinski definition) is 1. The lowest BCUT2D eigenvalue weighted by atomic mass is 10.0. The van der Waals surface area contributed by atoms with E-state index >= 15 is 0 Å². The third-order valence-corrected chi connectivity index (χ3v) is 4.07. The highest BCUT2D eigenvalue weighted by Gasteiger charge is 2.16. The Balaban J connectivity index is 2.24. The van der Waals surface area contributed by atoms with Crippen LogP contribution in [-0.4, -0.2) is 20.9 Å². The lowest BCUT2D eigenvalue weighted by Gasteiger charge is -2.06. The van der Waals surface area contributed by atoms with Crippen LogP contribution in [0, 0.1) is 24.0 Å². The number of rotatable bonds is 4. The summed E-state index contributed by atoms with van der Waals surface area (Å²) in [6, 6.07) is 9.31. The van der Waals surface area contributed by atoms with E-state index in [1.165, 1.54) is 23.4 Å². The van der Waals surface area contributed by atoms with Crippen molar-refractivity contribution in [1.82, 2.24) is 9.38 Å². The van der Waals surface area contributed by atoms with Gasteiger partial charge in [0.2, 0.25) is 0 Å². The highest BCUT2D eigenvalue weighted by molar-refractivity contribution is 5.68. The topological polar surface area (TPSA) is 86.5 Å². The zero-order chi connectivity index (χ0) is 16.6. The van der Waals surface area contributed by atoms with Crippen LogP contribution in [0.3, 0.4) is 0 Å². The summed E-state index contributed by atoms with van der Waals surface area (Å²) >= 11 is 0. The third-order valence-electron chi connectivity index (χ3n) is 4.07. The Kier molecular flexibility index (Phi) is 3.83. The Morgan fingerprint density at radius 3 is 2.65 bits per heavy atom. The lowest BCUT2D eigenvalue weighted by Crippen LogP contribution is -2.06. The monoisotopic (exact) mass is 310 g/mol. The molecule has 0 bridgehead atoms. The first-order valence-electron chi connectivity index (χ1n) is 7.44. The number of imidazole rings is 1. The Bertz CT molecular complexity index is 899. The summed E-state index contributed by atoms with van der Waals surface area (Å²) in [6.07, 6.45) is 2.11. The molecule has 0 radical (unpaired) electrons. The average molecular weight is 310 g/mol. The van der Waals surface area contributed by atoms with Crippen LogP contribution < -0.4 is 5.73 Å². The number of nitro groups is 1. The van der Waals surface area contributed by atoms with Gasteiger partial charge in [-0.15, -0.1) is 0 Å². The van der Waals surface area contributed by atoms with Crippen LogP contribution in [0.5, 0.6) is 0 Å². The largest absolute Gasteiger partial charge is 0.330 e. The first kappa shape index (κ1) is 15.2. The van der Waals surface area contributed by atoms with Crippen LogP contribution in [0.25, 0.3) is 16.9 Å². The van der Waals surface area contributed by atoms with Gasteiger partial charge in [-0.1, -0.05) is 12.1 Å². The number of nitrogens with zero attached hydrogens (tertiary/aromatic N) is 3. The molecule has 0 spiro atoms. The normalized spacial score (nSPS) is 11.1. The Labute approximate surface area is 133 Å². The fraction of sp³-hybridized carbons (Fsp3) is 0.235. The van der Waals surface area contributed by atoms with E-state index in [0.717, 1.165) is 17.0 Å². The quantitative estimate of drug-likeness (QED) is 0.593. The van der Waals surface area contributed by atoms with Gasteiger partial charge in [0.1, 0.15) is 5.65 Å². The summed E-state index contributed by atoms with van der Waals surface area (Å²) in [6.45, 7) is 4.57. The van der Waals surface area contributed by atoms with E-state index in [-0.39, 0.29) is 5.69 Å². The van der Waals surface area contributed by atoms with Crippen molar-refractivity contribution in [1.29, 1.82) is 0 Å². The molecular weight excluding hydrogens is 292 g/mol. The number of benzene rings is 1. The molecular formula is C17H18N4O2. The third kappa shape index (κ3) is 2.68. The van der Waals surface area contributed by atoms with Gasteiger partial charge in [0.05, 0.1) is 22.5 Å². The summed E-state index contributed by atoms with van der Waals surface area (Å²) in [5.41, 5.74) is 11.6. The van der Waals surface area contributed by atoms with Gasteiger partial charge in [-0.3, -0.25) is 14.5 Å². The molecule has 23 heavy (non-hydrogen) atoms. The van der Waals surface area contributed by atoms with Crippen LogP contribution >= 0.6 is 0 Å². The van der Waals surface area contributed by atoms with Gasteiger partial charge in [0, 0.05) is 18.1 Å². The maximum absolute atomic E-state index is 11.0. The second kappa shape index (κ2) is 5.81. The predicted molar refractivity (Wildman–Crippen MR) is 89.5 cm³/mol. The smallest absolute Gasteiger partial charge is 0.286 e. The summed E-state index contributed by atoms with van der Waals surface area (Å²) in [5, 5.41) is 11.0. The van der Waals surface area contributed by atoms with Gasteiger partial charge in [0.25, 0.3) is 5.69 Å². The molecule has 0 aliphatic carbocycles. The number of fused-ring (bicyclic) bond motifs is 1. The summed E-state index contributed by atoms with van der Waals surface area (Å²) in [4.78, 5) is 15.3. The van der Waals surface area contributed by atoms with Crippen molar-refractivity contribution in [2.75, 3.05) is 6.54 Å². The van der Waals surface area contributed by atoms with E-state index in [9.17, 15) is 10.1 Å². The first-order valence-corrected chi connectivity index (χ1v) is 7.44. The Morgan fingerprint density at radius 1 is 1.22 bits per heavy atom. The molecule has 6 nitrogen and oxygen atoms in total. The summed E-state index contributed by atoms with van der Waals surface area (Å²) < 4.78 is 1.77. The number of aryl methyl sites for hydroxylation is 2. The predicted octanol–water partition coefficient (Wildman–Crippen LogP) is 3.03. The number of aromatic nitrogens is 2. The van der Waals surface area contributed by atoms with Crippen LogP contribution in [0.1, 0.15) is 16.8 Å². The molecule has 1 aromatic carbocycles. The zero-order valence-corrected chi connectivity index (χ0v) is 13.1. The van der Waals surface area contributed by atoms with Gasteiger partial charge in [0.15, 0.2) is 0 Å². The first-order chi connectivity index (χ1) is 11.0. The second-order valence-corrected chi connectivity index (χ2v) is 5.62. The van der Waals surface area contributed by atoms with Crippen molar-refractivity contribution in [2.24, 2.45) is 5.73 Å². The van der Waals surface area contributed by atoms with Crippen molar-refractivity contribution >= 4 is 11.3 Å². The number of hydrogen-bond acceptors (Lipinski definition) is 4. The van der Waals surface area contributed by atoms with Gasteiger partial charge >= 0.3 is 0 Å². The Hall–Kier alpha value is -2.73. The SMILES string of the molecule is Cc1ccc(-c2nc3ccc([N+](=O)[O-])cn3c2CCN)cc1C. The minimum atomic E-state index is -0.401. The van der Waals surface area contributed by atoms with Crippen LogP contribution in [-0.2, 0) is 6.42 Å². The highest BCUT2D eigenvalue weighted by Crippen LogP contribution is 2.28. The molecule has 0 atom stereocenters. The van der Waals surface area contributed by atoms with E-state index in [1.807, 2.05) is 6.07 Å². The van der Waals surface area contributed by atoms with Gasteiger partial charge < -0.3 is 5.73 Å². The van der Waals surface area contributed by atoms with Gasteiger partial charge in [-0.25, -0.2) is 4.98 Å². The van der Waals surface area contributed by atoms with Crippen molar-refractivity contribution in [3.63, 3.8) is 0 Å². The van der Waals surface area contributed by atoms with Crippen LogP contribution in [0.4, 0.5) is 5.69 Å². The summed E-state index contributed by atoms with van der Waals surface area (Å²) in [7, 11) is 0. The molecule has 0 unspecified atom stereocenters. The van der Waals surface area contributed by atoms with E-state index in [1.54, 1.807) is 10.5 Å². The molecule has 3 rings (SSSR count). The molecule has 3 aromatic rings. The zero-order valence-electron chi connectivity index (χ0n) is 13.1. The van der Waals surface area contributed by atoms with Crippen molar-refractivity contribution < 1.29 is 4.92 Å². The van der Waals surface area contributed by atoms with Gasteiger partial charge in [-0.2, -0.15) is 0 Å². The molecule has 6 heteroatoms. The maximum Gasteiger partial charge on any atom is 0.286 e. The number of pyridine rings is 1. The fourth-order valence-electron chi connectivity index (χ4n) is 2.69. The molecule has 0 fully saturated rings. The number of nitrogens with two attached hydrogens (primary N) is 1. The average Bonchev–Trinajstić information content (AvgIpc) is 2.88. The molecule has 118 valence electrons. The van der Waals surface area contributed by atoms with E-state index in [2.05, 4.69) is 31.0 Å². The second-order valence-electron chi connectivity index (χ2n) is 5.62.